The summed E-state index contributed by atoms with van der Waals surface area (Å²) in [6.07, 6.45) is 20.8. The predicted octanol–water partition coefficient (Wildman–Crippen LogP) is 7.61. The summed E-state index contributed by atoms with van der Waals surface area (Å²) in [5.74, 6) is 0. The van der Waals surface area contributed by atoms with Crippen LogP contribution >= 0.6 is 0 Å². The summed E-state index contributed by atoms with van der Waals surface area (Å²) in [7, 11) is -1.44. The highest BCUT2D eigenvalue weighted by molar-refractivity contribution is 6.73. The van der Waals surface area contributed by atoms with Crippen molar-refractivity contribution in [3.05, 3.63) is 24.5 Å². The zero-order valence-electron chi connectivity index (χ0n) is 15.7. The lowest BCUT2D eigenvalue weighted by Gasteiger charge is -2.26. The largest absolute Gasteiger partial charge is 0.549 e. The molecule has 130 valence electrons. The van der Waals surface area contributed by atoms with Gasteiger partial charge in [0.25, 0.3) is 0 Å². The maximum Gasteiger partial charge on any atom is 0.249 e. The number of rotatable bonds is 15. The molecule has 0 radical (unpaired) electrons. The van der Waals surface area contributed by atoms with E-state index in [-0.39, 0.29) is 0 Å². The molecule has 0 aromatic carbocycles. The van der Waals surface area contributed by atoms with Crippen LogP contribution in [0.15, 0.2) is 24.5 Å². The topological polar surface area (TPSA) is 9.23 Å². The van der Waals surface area contributed by atoms with Gasteiger partial charge < -0.3 is 4.43 Å². The minimum atomic E-state index is -1.44. The van der Waals surface area contributed by atoms with E-state index in [1.165, 1.54) is 75.9 Å². The van der Waals surface area contributed by atoms with Crippen LogP contribution in [0.3, 0.4) is 0 Å². The summed E-state index contributed by atoms with van der Waals surface area (Å²) >= 11 is 0. The second-order valence-electron chi connectivity index (χ2n) is 6.38. The van der Waals surface area contributed by atoms with Crippen LogP contribution in [0.1, 0.15) is 85.5 Å². The SMILES string of the molecule is CCCCCCCCCC/C=C/C=C/O[Si](CC)(CC)CC. The Balaban J connectivity index is 3.56. The summed E-state index contributed by atoms with van der Waals surface area (Å²) < 4.78 is 6.08. The van der Waals surface area contributed by atoms with Crippen LogP contribution in [0.25, 0.3) is 0 Å². The van der Waals surface area contributed by atoms with E-state index in [1.54, 1.807) is 0 Å². The van der Waals surface area contributed by atoms with Gasteiger partial charge in [0.05, 0.1) is 6.26 Å². The third-order valence-electron chi connectivity index (χ3n) is 4.80. The maximum absolute atomic E-state index is 6.08. The molecule has 0 heterocycles. The zero-order valence-corrected chi connectivity index (χ0v) is 16.7. The number of hydrogen-bond donors (Lipinski definition) is 0. The minimum Gasteiger partial charge on any atom is -0.549 e. The summed E-state index contributed by atoms with van der Waals surface area (Å²) in [6.45, 7) is 9.09. The Hall–Kier alpha value is -0.503. The van der Waals surface area contributed by atoms with Crippen molar-refractivity contribution in [3.8, 4) is 0 Å². The second kappa shape index (κ2) is 15.4. The van der Waals surface area contributed by atoms with Crippen molar-refractivity contribution in [2.75, 3.05) is 0 Å². The molecule has 0 aliphatic rings. The first-order chi connectivity index (χ1) is 10.7. The Morgan fingerprint density at radius 3 is 1.77 bits per heavy atom. The summed E-state index contributed by atoms with van der Waals surface area (Å²) in [5.41, 5.74) is 0. The maximum atomic E-state index is 6.08. The van der Waals surface area contributed by atoms with Crippen molar-refractivity contribution in [1.29, 1.82) is 0 Å². The highest BCUT2D eigenvalue weighted by atomic mass is 28.4. The lowest BCUT2D eigenvalue weighted by atomic mass is 10.1. The Morgan fingerprint density at radius 1 is 0.682 bits per heavy atom. The van der Waals surface area contributed by atoms with Crippen LogP contribution in [-0.4, -0.2) is 8.32 Å². The van der Waals surface area contributed by atoms with Crippen molar-refractivity contribution < 1.29 is 4.43 Å². The molecule has 1 nitrogen and oxygen atoms in total. The van der Waals surface area contributed by atoms with E-state index in [4.69, 9.17) is 4.43 Å². The molecular weight excluding hydrogens is 284 g/mol. The molecule has 0 aliphatic carbocycles. The minimum absolute atomic E-state index is 1.21. The van der Waals surface area contributed by atoms with Crippen LogP contribution in [-0.2, 0) is 4.43 Å². The zero-order chi connectivity index (χ0) is 16.5. The molecule has 0 rings (SSSR count). The first-order valence-electron chi connectivity index (χ1n) is 9.74. The average molecular weight is 325 g/mol. The summed E-state index contributed by atoms with van der Waals surface area (Å²) in [4.78, 5) is 0. The molecule has 0 saturated heterocycles. The molecule has 0 N–H and O–H groups in total. The summed E-state index contributed by atoms with van der Waals surface area (Å²) in [6, 6.07) is 3.64. The van der Waals surface area contributed by atoms with Crippen LogP contribution in [0.2, 0.25) is 18.1 Å². The van der Waals surface area contributed by atoms with E-state index in [0.29, 0.717) is 0 Å². The van der Waals surface area contributed by atoms with Gasteiger partial charge in [-0.2, -0.15) is 0 Å². The van der Waals surface area contributed by atoms with Gasteiger partial charge in [-0.1, -0.05) is 84.8 Å². The standard InChI is InChI=1S/C20H40OSi/c1-5-9-10-11-12-13-14-15-16-17-18-19-20-21-22(6-2,7-3)8-4/h17-20H,5-16H2,1-4H3/b18-17+,20-19+. The van der Waals surface area contributed by atoms with Gasteiger partial charge in [0.15, 0.2) is 0 Å². The van der Waals surface area contributed by atoms with E-state index in [2.05, 4.69) is 45.9 Å². The lowest BCUT2D eigenvalue weighted by Crippen LogP contribution is -2.33. The van der Waals surface area contributed by atoms with Crippen LogP contribution in [0, 0.1) is 0 Å². The fourth-order valence-electron chi connectivity index (χ4n) is 2.80. The second-order valence-corrected chi connectivity index (χ2v) is 11.1. The fourth-order valence-corrected chi connectivity index (χ4v) is 5.17. The molecule has 0 fully saturated rings. The van der Waals surface area contributed by atoms with Gasteiger partial charge in [0.1, 0.15) is 0 Å². The number of hydrogen-bond acceptors (Lipinski definition) is 1. The van der Waals surface area contributed by atoms with Gasteiger partial charge in [-0.3, -0.25) is 0 Å². The molecule has 0 bridgehead atoms. The fraction of sp³-hybridized carbons (Fsp3) is 0.800. The van der Waals surface area contributed by atoms with E-state index in [0.717, 1.165) is 0 Å². The predicted molar refractivity (Wildman–Crippen MR) is 104 cm³/mol. The molecule has 0 unspecified atom stereocenters. The third-order valence-corrected chi connectivity index (χ3v) is 9.30. The number of allylic oxidation sites excluding steroid dienone is 3. The average Bonchev–Trinajstić information content (AvgIpc) is 2.56. The molecule has 0 aliphatic heterocycles. The van der Waals surface area contributed by atoms with E-state index < -0.39 is 8.32 Å². The molecule has 0 aromatic heterocycles. The van der Waals surface area contributed by atoms with Gasteiger partial charge in [-0.25, -0.2) is 0 Å². The van der Waals surface area contributed by atoms with Crippen LogP contribution < -0.4 is 0 Å². The van der Waals surface area contributed by atoms with Gasteiger partial charge in [0, 0.05) is 0 Å². The molecular formula is C20H40OSi. The molecule has 0 amide bonds. The molecule has 0 spiro atoms. The third kappa shape index (κ3) is 11.1. The Kier molecular flexibility index (Phi) is 15.0. The van der Waals surface area contributed by atoms with Crippen molar-refractivity contribution >= 4 is 8.32 Å². The Bertz CT molecular complexity index is 271. The molecule has 0 aromatic rings. The van der Waals surface area contributed by atoms with Crippen molar-refractivity contribution in [1.82, 2.24) is 0 Å². The quantitative estimate of drug-likeness (QED) is 0.130. The van der Waals surface area contributed by atoms with Crippen molar-refractivity contribution in [3.63, 3.8) is 0 Å². The molecule has 0 saturated carbocycles. The first-order valence-corrected chi connectivity index (χ1v) is 12.3. The van der Waals surface area contributed by atoms with Crippen molar-refractivity contribution in [2.45, 2.75) is 104 Å². The Labute approximate surface area is 141 Å². The monoisotopic (exact) mass is 324 g/mol. The highest BCUT2D eigenvalue weighted by Crippen LogP contribution is 2.21. The smallest absolute Gasteiger partial charge is 0.249 e. The van der Waals surface area contributed by atoms with Gasteiger partial charge in [-0.15, -0.1) is 0 Å². The normalized spacial score (nSPS) is 12.5. The van der Waals surface area contributed by atoms with Gasteiger partial charge in [0.2, 0.25) is 8.32 Å². The van der Waals surface area contributed by atoms with Crippen molar-refractivity contribution in [2.24, 2.45) is 0 Å². The van der Waals surface area contributed by atoms with E-state index >= 15 is 0 Å². The molecule has 22 heavy (non-hydrogen) atoms. The highest BCUT2D eigenvalue weighted by Gasteiger charge is 2.28. The molecule has 0 atom stereocenters. The van der Waals surface area contributed by atoms with Crippen LogP contribution in [0.5, 0.6) is 0 Å². The van der Waals surface area contributed by atoms with E-state index in [1.807, 2.05) is 6.26 Å². The van der Waals surface area contributed by atoms with E-state index in [9.17, 15) is 0 Å². The Morgan fingerprint density at radius 2 is 1.23 bits per heavy atom. The van der Waals surface area contributed by atoms with Crippen LogP contribution in [0.4, 0.5) is 0 Å². The van der Waals surface area contributed by atoms with Gasteiger partial charge >= 0.3 is 0 Å². The lowest BCUT2D eigenvalue weighted by molar-refractivity contribution is 0.458. The van der Waals surface area contributed by atoms with Gasteiger partial charge in [-0.05, 0) is 37.0 Å². The number of unbranched alkanes of at least 4 members (excludes halogenated alkanes) is 8. The summed E-state index contributed by atoms with van der Waals surface area (Å²) in [5, 5.41) is 0. The molecule has 2 heteroatoms. The first kappa shape index (κ1) is 21.5.